The minimum Gasteiger partial charge on any atom is -0.326 e. The summed E-state index contributed by atoms with van der Waals surface area (Å²) in [5.74, 6) is -0.0349. The van der Waals surface area contributed by atoms with E-state index in [0.717, 1.165) is 32.9 Å². The van der Waals surface area contributed by atoms with Gasteiger partial charge in [-0.05, 0) is 17.7 Å². The first-order valence-electron chi connectivity index (χ1n) is 8.62. The molecule has 0 atom stereocenters. The van der Waals surface area contributed by atoms with Crippen molar-refractivity contribution in [1.82, 2.24) is 9.38 Å². The fraction of sp³-hybridized carbons (Fsp3) is 0.0952. The van der Waals surface area contributed by atoms with E-state index in [2.05, 4.69) is 10.3 Å². The molecular weight excluding hydrogens is 358 g/mol. The van der Waals surface area contributed by atoms with E-state index in [1.807, 2.05) is 72.1 Å². The van der Waals surface area contributed by atoms with Crippen molar-refractivity contribution in [2.75, 3.05) is 5.32 Å². The number of anilines is 1. The van der Waals surface area contributed by atoms with Gasteiger partial charge < -0.3 is 5.32 Å². The lowest BCUT2D eigenvalue weighted by Gasteiger charge is -2.04. The van der Waals surface area contributed by atoms with Gasteiger partial charge in [0.1, 0.15) is 11.4 Å². The lowest BCUT2D eigenvalue weighted by molar-refractivity contribution is -0.115. The van der Waals surface area contributed by atoms with Crippen LogP contribution in [-0.4, -0.2) is 21.6 Å². The lowest BCUT2D eigenvalue weighted by Crippen LogP contribution is -2.09. The maximum atomic E-state index is 11.8. The molecule has 0 unspecified atom stereocenters. The van der Waals surface area contributed by atoms with Crippen LogP contribution in [0.2, 0.25) is 0 Å². The number of carbonyl (C=O) groups is 2. The first kappa shape index (κ1) is 17.2. The van der Waals surface area contributed by atoms with E-state index in [9.17, 15) is 9.59 Å². The van der Waals surface area contributed by atoms with E-state index in [0.29, 0.717) is 17.8 Å². The number of imidazole rings is 1. The quantitative estimate of drug-likeness (QED) is 0.505. The lowest BCUT2D eigenvalue weighted by atomic mass is 10.1. The molecule has 0 aliphatic heterocycles. The number of rotatable bonds is 5. The SMILES string of the molecule is CCC(=O)Nc1ccc(-c2nc3sc(-c4ccccc4)cn3c2C=O)cc1. The van der Waals surface area contributed by atoms with Crippen LogP contribution in [0, 0.1) is 0 Å². The Bertz CT molecular complexity index is 1110. The second-order valence-electron chi connectivity index (χ2n) is 6.06. The number of thiazole rings is 1. The van der Waals surface area contributed by atoms with E-state index in [-0.39, 0.29) is 5.91 Å². The number of carbonyl (C=O) groups excluding carboxylic acids is 2. The highest BCUT2D eigenvalue weighted by Crippen LogP contribution is 2.32. The van der Waals surface area contributed by atoms with Gasteiger partial charge in [-0.1, -0.05) is 60.7 Å². The Morgan fingerprint density at radius 3 is 2.52 bits per heavy atom. The third kappa shape index (κ3) is 3.27. The molecule has 4 rings (SSSR count). The van der Waals surface area contributed by atoms with Gasteiger partial charge in [0.15, 0.2) is 11.2 Å². The van der Waals surface area contributed by atoms with E-state index in [1.54, 1.807) is 11.3 Å². The number of hydrogen-bond acceptors (Lipinski definition) is 4. The van der Waals surface area contributed by atoms with Crippen LogP contribution in [0.1, 0.15) is 23.8 Å². The second-order valence-corrected chi connectivity index (χ2v) is 7.07. The molecule has 0 aliphatic rings. The van der Waals surface area contributed by atoms with Gasteiger partial charge in [0, 0.05) is 23.9 Å². The van der Waals surface area contributed by atoms with Crippen molar-refractivity contribution in [2.45, 2.75) is 13.3 Å². The van der Waals surface area contributed by atoms with Gasteiger partial charge in [0.05, 0.1) is 4.88 Å². The molecule has 0 bridgehead atoms. The maximum Gasteiger partial charge on any atom is 0.224 e. The largest absolute Gasteiger partial charge is 0.326 e. The Balaban J connectivity index is 1.71. The molecule has 2 heterocycles. The summed E-state index contributed by atoms with van der Waals surface area (Å²) in [6.07, 6.45) is 3.22. The molecule has 134 valence electrons. The number of benzene rings is 2. The van der Waals surface area contributed by atoms with Gasteiger partial charge in [0.25, 0.3) is 0 Å². The molecule has 2 aromatic carbocycles. The van der Waals surface area contributed by atoms with Gasteiger partial charge in [0.2, 0.25) is 5.91 Å². The second kappa shape index (κ2) is 7.17. The minimum absolute atomic E-state index is 0.0349. The average molecular weight is 375 g/mol. The van der Waals surface area contributed by atoms with Crippen molar-refractivity contribution in [3.8, 4) is 21.7 Å². The Kier molecular flexibility index (Phi) is 4.56. The first-order chi connectivity index (χ1) is 13.2. The zero-order valence-corrected chi connectivity index (χ0v) is 15.5. The standard InChI is InChI=1S/C21H17N3O2S/c1-2-19(26)22-16-10-8-15(9-11-16)20-17(13-25)24-12-18(27-21(24)23-20)14-6-4-3-5-7-14/h3-13H,2H2,1H3,(H,22,26). The van der Waals surface area contributed by atoms with Crippen LogP contribution in [0.5, 0.6) is 0 Å². The predicted molar refractivity (Wildman–Crippen MR) is 108 cm³/mol. The summed E-state index contributed by atoms with van der Waals surface area (Å²) >= 11 is 1.55. The molecule has 1 N–H and O–H groups in total. The summed E-state index contributed by atoms with van der Waals surface area (Å²) in [5, 5.41) is 2.81. The zero-order chi connectivity index (χ0) is 18.8. The molecule has 5 nitrogen and oxygen atoms in total. The van der Waals surface area contributed by atoms with Gasteiger partial charge in [-0.3, -0.25) is 14.0 Å². The number of amides is 1. The molecular formula is C21H17N3O2S. The van der Waals surface area contributed by atoms with Crippen LogP contribution in [0.4, 0.5) is 5.69 Å². The Labute approximate surface area is 160 Å². The van der Waals surface area contributed by atoms with Crippen molar-refractivity contribution >= 4 is 34.2 Å². The summed E-state index contributed by atoms with van der Waals surface area (Å²) in [6.45, 7) is 1.81. The van der Waals surface area contributed by atoms with Gasteiger partial charge in [-0.25, -0.2) is 4.98 Å². The highest BCUT2D eigenvalue weighted by Gasteiger charge is 2.16. The molecule has 0 saturated carbocycles. The molecule has 1 amide bonds. The summed E-state index contributed by atoms with van der Waals surface area (Å²) < 4.78 is 1.84. The molecule has 0 aliphatic carbocycles. The van der Waals surface area contributed by atoms with Gasteiger partial charge in [-0.2, -0.15) is 0 Å². The van der Waals surface area contributed by atoms with Crippen molar-refractivity contribution in [1.29, 1.82) is 0 Å². The summed E-state index contributed by atoms with van der Waals surface area (Å²) in [5.41, 5.74) is 3.83. The highest BCUT2D eigenvalue weighted by atomic mass is 32.1. The van der Waals surface area contributed by atoms with Crippen molar-refractivity contribution < 1.29 is 9.59 Å². The van der Waals surface area contributed by atoms with E-state index < -0.39 is 0 Å². The number of aldehydes is 1. The number of nitrogens with zero attached hydrogens (tertiary/aromatic N) is 2. The Morgan fingerprint density at radius 1 is 1.11 bits per heavy atom. The number of fused-ring (bicyclic) bond motifs is 1. The van der Waals surface area contributed by atoms with Crippen LogP contribution in [0.25, 0.3) is 26.7 Å². The molecule has 0 radical (unpaired) electrons. The molecule has 6 heteroatoms. The molecule has 27 heavy (non-hydrogen) atoms. The Morgan fingerprint density at radius 2 is 1.85 bits per heavy atom. The minimum atomic E-state index is -0.0349. The average Bonchev–Trinajstić information content (AvgIpc) is 3.27. The first-order valence-corrected chi connectivity index (χ1v) is 9.44. The van der Waals surface area contributed by atoms with E-state index in [4.69, 9.17) is 0 Å². The maximum absolute atomic E-state index is 11.8. The molecule has 4 aromatic rings. The van der Waals surface area contributed by atoms with Gasteiger partial charge in [-0.15, -0.1) is 0 Å². The van der Waals surface area contributed by atoms with Crippen molar-refractivity contribution in [3.63, 3.8) is 0 Å². The summed E-state index contributed by atoms with van der Waals surface area (Å²) in [4.78, 5) is 29.8. The smallest absolute Gasteiger partial charge is 0.224 e. The van der Waals surface area contributed by atoms with Crippen LogP contribution >= 0.6 is 11.3 Å². The Hall–Kier alpha value is -3.25. The summed E-state index contributed by atoms with van der Waals surface area (Å²) in [7, 11) is 0. The topological polar surface area (TPSA) is 63.5 Å². The van der Waals surface area contributed by atoms with Gasteiger partial charge >= 0.3 is 0 Å². The number of aromatic nitrogens is 2. The van der Waals surface area contributed by atoms with Crippen LogP contribution in [0.15, 0.2) is 60.8 Å². The predicted octanol–water partition coefficient (Wildman–Crippen LogP) is 4.89. The molecule has 0 fully saturated rings. The van der Waals surface area contributed by atoms with Crippen LogP contribution in [-0.2, 0) is 4.79 Å². The van der Waals surface area contributed by atoms with Crippen molar-refractivity contribution in [2.24, 2.45) is 0 Å². The van der Waals surface area contributed by atoms with Crippen molar-refractivity contribution in [3.05, 3.63) is 66.5 Å². The molecule has 0 saturated heterocycles. The number of nitrogens with one attached hydrogen (secondary N) is 1. The molecule has 0 spiro atoms. The van der Waals surface area contributed by atoms with Crippen LogP contribution < -0.4 is 5.32 Å². The third-order valence-corrected chi connectivity index (χ3v) is 5.33. The van der Waals surface area contributed by atoms with Crippen LogP contribution in [0.3, 0.4) is 0 Å². The third-order valence-electron chi connectivity index (χ3n) is 4.30. The fourth-order valence-electron chi connectivity index (χ4n) is 2.88. The summed E-state index contributed by atoms with van der Waals surface area (Å²) in [6, 6.07) is 17.4. The zero-order valence-electron chi connectivity index (χ0n) is 14.7. The highest BCUT2D eigenvalue weighted by molar-refractivity contribution is 7.20. The van der Waals surface area contributed by atoms with E-state index >= 15 is 0 Å². The molecule has 2 aromatic heterocycles. The van der Waals surface area contributed by atoms with E-state index in [1.165, 1.54) is 0 Å². The number of hydrogen-bond donors (Lipinski definition) is 1. The normalized spacial score (nSPS) is 10.9. The monoisotopic (exact) mass is 375 g/mol. The fourth-order valence-corrected chi connectivity index (χ4v) is 3.88.